The van der Waals surface area contributed by atoms with Crippen LogP contribution in [-0.2, 0) is 9.59 Å². The minimum atomic E-state index is -0.453. The van der Waals surface area contributed by atoms with Crippen LogP contribution in [-0.4, -0.2) is 28.9 Å². The van der Waals surface area contributed by atoms with Gasteiger partial charge >= 0.3 is 0 Å². The molecule has 2 N–H and O–H groups in total. The predicted molar refractivity (Wildman–Crippen MR) is 58.4 cm³/mol. The van der Waals surface area contributed by atoms with Gasteiger partial charge in [-0.05, 0) is 26.3 Å². The molecule has 0 spiro atoms. The van der Waals surface area contributed by atoms with Crippen molar-refractivity contribution in [2.75, 3.05) is 6.61 Å². The average molecular weight is 213 g/mol. The Morgan fingerprint density at radius 2 is 1.93 bits per heavy atom. The van der Waals surface area contributed by atoms with Gasteiger partial charge in [-0.2, -0.15) is 0 Å². The van der Waals surface area contributed by atoms with Crippen LogP contribution in [0.4, 0.5) is 0 Å². The summed E-state index contributed by atoms with van der Waals surface area (Å²) >= 11 is 0. The van der Waals surface area contributed by atoms with Crippen molar-refractivity contribution in [2.45, 2.75) is 39.2 Å². The van der Waals surface area contributed by atoms with Gasteiger partial charge in [-0.15, -0.1) is 0 Å². The van der Waals surface area contributed by atoms with E-state index in [1.165, 1.54) is 12.2 Å². The number of hydrogen-bond donors (Lipinski definition) is 2. The summed E-state index contributed by atoms with van der Waals surface area (Å²) < 4.78 is 0. The first-order valence-corrected chi connectivity index (χ1v) is 5.05. The summed E-state index contributed by atoms with van der Waals surface area (Å²) in [7, 11) is 0. The summed E-state index contributed by atoms with van der Waals surface area (Å²) in [5.41, 5.74) is -0.453. The van der Waals surface area contributed by atoms with Crippen molar-refractivity contribution < 1.29 is 14.7 Å². The van der Waals surface area contributed by atoms with Gasteiger partial charge in [0.15, 0.2) is 5.78 Å². The van der Waals surface area contributed by atoms with Crippen molar-refractivity contribution >= 4 is 11.7 Å². The lowest BCUT2D eigenvalue weighted by atomic mass is 10.0. The third-order valence-corrected chi connectivity index (χ3v) is 1.97. The summed E-state index contributed by atoms with van der Waals surface area (Å²) in [6.07, 6.45) is 3.37. The number of rotatable bonds is 6. The second-order valence-corrected chi connectivity index (χ2v) is 4.00. The van der Waals surface area contributed by atoms with Crippen LogP contribution in [0.25, 0.3) is 0 Å². The number of nitrogens with one attached hydrogen (secondary N) is 1. The molecule has 0 aliphatic carbocycles. The van der Waals surface area contributed by atoms with Gasteiger partial charge in [-0.1, -0.05) is 6.92 Å². The number of carbonyl (C=O) groups is 2. The smallest absolute Gasteiger partial charge is 0.244 e. The van der Waals surface area contributed by atoms with Crippen molar-refractivity contribution in [2.24, 2.45) is 0 Å². The van der Waals surface area contributed by atoms with E-state index in [-0.39, 0.29) is 18.3 Å². The van der Waals surface area contributed by atoms with Crippen LogP contribution < -0.4 is 5.32 Å². The van der Waals surface area contributed by atoms with Crippen molar-refractivity contribution in [1.82, 2.24) is 5.32 Å². The molecule has 0 aromatic carbocycles. The summed E-state index contributed by atoms with van der Waals surface area (Å²) in [6.45, 7) is 5.39. The Hall–Kier alpha value is -1.16. The highest BCUT2D eigenvalue weighted by Gasteiger charge is 2.18. The van der Waals surface area contributed by atoms with E-state index in [0.717, 1.165) is 0 Å². The minimum absolute atomic E-state index is 0.0187. The molecule has 86 valence electrons. The van der Waals surface area contributed by atoms with Crippen LogP contribution in [0.5, 0.6) is 0 Å². The lowest BCUT2D eigenvalue weighted by Crippen LogP contribution is -2.43. The minimum Gasteiger partial charge on any atom is -0.396 e. The van der Waals surface area contributed by atoms with E-state index >= 15 is 0 Å². The molecule has 1 amide bonds. The molecule has 0 fully saturated rings. The van der Waals surface area contributed by atoms with E-state index in [0.29, 0.717) is 12.8 Å². The van der Waals surface area contributed by atoms with Gasteiger partial charge in [0.25, 0.3) is 0 Å². The summed E-state index contributed by atoms with van der Waals surface area (Å²) in [5, 5.41) is 11.4. The predicted octanol–water partition coefficient (Wildman–Crippen LogP) is 0.799. The molecule has 0 heterocycles. The van der Waals surface area contributed by atoms with Crippen molar-refractivity contribution in [3.63, 3.8) is 0 Å². The van der Waals surface area contributed by atoms with Crippen LogP contribution in [0.1, 0.15) is 33.6 Å². The molecule has 0 aromatic rings. The monoisotopic (exact) mass is 213 g/mol. The standard InChI is InChI=1S/C11H19NO3/c1-4-9(14)5-6-10(15)12-11(2,3)7-8-13/h5-6,13H,4,7-8H2,1-3H3,(H,12,15)/b6-5-. The Kier molecular flexibility index (Phi) is 5.86. The number of carbonyl (C=O) groups excluding carboxylic acids is 2. The second-order valence-electron chi connectivity index (χ2n) is 4.00. The van der Waals surface area contributed by atoms with Crippen LogP contribution in [0.2, 0.25) is 0 Å². The first kappa shape index (κ1) is 13.8. The van der Waals surface area contributed by atoms with Crippen LogP contribution >= 0.6 is 0 Å². The molecule has 0 bridgehead atoms. The molecule has 0 aromatic heterocycles. The van der Waals surface area contributed by atoms with Gasteiger partial charge in [-0.25, -0.2) is 0 Å². The molecular weight excluding hydrogens is 194 g/mol. The number of ketones is 1. The molecular formula is C11H19NO3. The van der Waals surface area contributed by atoms with E-state index in [1.807, 2.05) is 13.8 Å². The SMILES string of the molecule is CCC(=O)/C=C\C(=O)NC(C)(C)CCO. The van der Waals surface area contributed by atoms with Crippen molar-refractivity contribution in [3.8, 4) is 0 Å². The van der Waals surface area contributed by atoms with Crippen LogP contribution in [0.15, 0.2) is 12.2 Å². The highest BCUT2D eigenvalue weighted by Crippen LogP contribution is 2.06. The Morgan fingerprint density at radius 3 is 2.40 bits per heavy atom. The third-order valence-electron chi connectivity index (χ3n) is 1.97. The molecule has 15 heavy (non-hydrogen) atoms. The molecule has 0 aliphatic heterocycles. The number of aliphatic hydroxyl groups excluding tert-OH is 1. The van der Waals surface area contributed by atoms with Gasteiger partial charge in [-0.3, -0.25) is 9.59 Å². The van der Waals surface area contributed by atoms with Crippen LogP contribution in [0.3, 0.4) is 0 Å². The molecule has 0 aliphatic rings. The number of hydrogen-bond acceptors (Lipinski definition) is 3. The van der Waals surface area contributed by atoms with E-state index in [1.54, 1.807) is 6.92 Å². The molecule has 4 nitrogen and oxygen atoms in total. The fraction of sp³-hybridized carbons (Fsp3) is 0.636. The zero-order chi connectivity index (χ0) is 11.9. The average Bonchev–Trinajstić information content (AvgIpc) is 2.13. The Balaban J connectivity index is 4.14. The molecule has 4 heteroatoms. The molecule has 0 saturated carbocycles. The zero-order valence-corrected chi connectivity index (χ0v) is 9.54. The van der Waals surface area contributed by atoms with Gasteiger partial charge < -0.3 is 10.4 Å². The first-order valence-electron chi connectivity index (χ1n) is 5.05. The summed E-state index contributed by atoms with van der Waals surface area (Å²) in [4.78, 5) is 22.2. The fourth-order valence-corrected chi connectivity index (χ4v) is 1.00. The van der Waals surface area contributed by atoms with E-state index in [2.05, 4.69) is 5.32 Å². The maximum atomic E-state index is 11.3. The number of amides is 1. The Morgan fingerprint density at radius 1 is 1.33 bits per heavy atom. The van der Waals surface area contributed by atoms with E-state index in [9.17, 15) is 9.59 Å². The Labute approximate surface area is 90.4 Å². The highest BCUT2D eigenvalue weighted by atomic mass is 16.3. The number of aliphatic hydroxyl groups is 1. The second kappa shape index (κ2) is 6.35. The zero-order valence-electron chi connectivity index (χ0n) is 9.54. The molecule has 0 unspecified atom stereocenters. The largest absolute Gasteiger partial charge is 0.396 e. The molecule has 0 rings (SSSR count). The lowest BCUT2D eigenvalue weighted by molar-refractivity contribution is -0.119. The first-order chi connectivity index (χ1) is 6.91. The third kappa shape index (κ3) is 6.85. The highest BCUT2D eigenvalue weighted by molar-refractivity contribution is 5.97. The fourth-order valence-electron chi connectivity index (χ4n) is 1.00. The molecule has 0 radical (unpaired) electrons. The van der Waals surface area contributed by atoms with Crippen molar-refractivity contribution in [1.29, 1.82) is 0 Å². The van der Waals surface area contributed by atoms with Crippen molar-refractivity contribution in [3.05, 3.63) is 12.2 Å². The van der Waals surface area contributed by atoms with Gasteiger partial charge in [0.05, 0.1) is 0 Å². The maximum absolute atomic E-state index is 11.3. The van der Waals surface area contributed by atoms with Gasteiger partial charge in [0.1, 0.15) is 0 Å². The quantitative estimate of drug-likeness (QED) is 0.641. The Bertz CT molecular complexity index is 257. The normalized spacial score (nSPS) is 11.7. The van der Waals surface area contributed by atoms with Crippen LogP contribution in [0, 0.1) is 0 Å². The lowest BCUT2D eigenvalue weighted by Gasteiger charge is -2.24. The van der Waals surface area contributed by atoms with E-state index in [4.69, 9.17) is 5.11 Å². The molecule has 0 atom stereocenters. The van der Waals surface area contributed by atoms with E-state index < -0.39 is 5.54 Å². The molecule has 0 saturated heterocycles. The van der Waals surface area contributed by atoms with Gasteiger partial charge in [0, 0.05) is 24.6 Å². The van der Waals surface area contributed by atoms with Gasteiger partial charge in [0.2, 0.25) is 5.91 Å². The summed E-state index contributed by atoms with van der Waals surface area (Å²) in [6, 6.07) is 0. The number of allylic oxidation sites excluding steroid dienone is 1. The topological polar surface area (TPSA) is 66.4 Å². The maximum Gasteiger partial charge on any atom is 0.244 e. The summed E-state index contributed by atoms with van der Waals surface area (Å²) in [5.74, 6) is -0.389.